The van der Waals surface area contributed by atoms with E-state index in [1.807, 2.05) is 50.3 Å². The smallest absolute Gasteiger partial charge is 0.207 e. The molecule has 0 saturated carbocycles. The maximum absolute atomic E-state index is 10.4. The van der Waals surface area contributed by atoms with Gasteiger partial charge in [0.25, 0.3) is 0 Å². The van der Waals surface area contributed by atoms with Crippen LogP contribution in [-0.4, -0.2) is 6.41 Å². The van der Waals surface area contributed by atoms with Crippen molar-refractivity contribution in [3.05, 3.63) is 65.2 Å². The van der Waals surface area contributed by atoms with E-state index < -0.39 is 0 Å². The van der Waals surface area contributed by atoms with E-state index in [0.29, 0.717) is 11.4 Å². The molecule has 0 aliphatic carbocycles. The van der Waals surface area contributed by atoms with Crippen LogP contribution < -0.4 is 5.32 Å². The summed E-state index contributed by atoms with van der Waals surface area (Å²) < 4.78 is 0. The number of benzene rings is 1. The van der Waals surface area contributed by atoms with Crippen LogP contribution in [0.3, 0.4) is 0 Å². The first-order chi connectivity index (χ1) is 9.13. The van der Waals surface area contributed by atoms with E-state index in [1.165, 1.54) is 0 Å². The highest BCUT2D eigenvalue weighted by atomic mass is 35.5. The highest BCUT2D eigenvalue weighted by Crippen LogP contribution is 2.27. The minimum absolute atomic E-state index is 0.00410. The van der Waals surface area contributed by atoms with Crippen molar-refractivity contribution in [3.8, 4) is 0 Å². The summed E-state index contributed by atoms with van der Waals surface area (Å²) in [7, 11) is 0. The molecule has 1 aromatic rings. The first kappa shape index (κ1) is 15.3. The van der Waals surface area contributed by atoms with Crippen molar-refractivity contribution in [1.82, 2.24) is 5.32 Å². The molecule has 0 spiro atoms. The molecular weight excluding hydrogens is 258 g/mol. The van der Waals surface area contributed by atoms with Gasteiger partial charge in [0.15, 0.2) is 0 Å². The van der Waals surface area contributed by atoms with Crippen molar-refractivity contribution in [2.24, 2.45) is 0 Å². The third-order valence-corrected chi connectivity index (χ3v) is 3.26. The zero-order valence-electron chi connectivity index (χ0n) is 11.2. The Labute approximate surface area is 119 Å². The van der Waals surface area contributed by atoms with Crippen LogP contribution in [0.25, 0.3) is 5.57 Å². The molecule has 1 atom stereocenters. The molecule has 19 heavy (non-hydrogen) atoms. The van der Waals surface area contributed by atoms with Crippen molar-refractivity contribution < 1.29 is 4.79 Å². The Bertz CT molecular complexity index is 500. The zero-order chi connectivity index (χ0) is 14.3. The lowest BCUT2D eigenvalue weighted by Gasteiger charge is -2.12. The van der Waals surface area contributed by atoms with E-state index in [-0.39, 0.29) is 6.04 Å². The lowest BCUT2D eigenvalue weighted by molar-refractivity contribution is -0.110. The fraction of sp³-hybridized carbons (Fsp3) is 0.188. The van der Waals surface area contributed by atoms with Crippen LogP contribution >= 0.6 is 11.6 Å². The van der Waals surface area contributed by atoms with Gasteiger partial charge in [-0.15, -0.1) is 0 Å². The van der Waals surface area contributed by atoms with Crippen molar-refractivity contribution in [2.45, 2.75) is 19.9 Å². The van der Waals surface area contributed by atoms with Crippen LogP contribution in [0.1, 0.15) is 31.0 Å². The molecule has 0 heterocycles. The van der Waals surface area contributed by atoms with Crippen LogP contribution in [0.5, 0.6) is 0 Å². The molecule has 1 unspecified atom stereocenters. The van der Waals surface area contributed by atoms with Gasteiger partial charge in [-0.2, -0.15) is 0 Å². The predicted octanol–water partition coefficient (Wildman–Crippen LogP) is 4.21. The Kier molecular flexibility index (Phi) is 6.10. The second-order valence-corrected chi connectivity index (χ2v) is 4.49. The average molecular weight is 276 g/mol. The molecule has 0 radical (unpaired) electrons. The fourth-order valence-electron chi connectivity index (χ4n) is 1.74. The first-order valence-electron chi connectivity index (χ1n) is 6.09. The van der Waals surface area contributed by atoms with Gasteiger partial charge in [0.2, 0.25) is 6.41 Å². The molecule has 0 saturated heterocycles. The Morgan fingerprint density at radius 1 is 1.37 bits per heavy atom. The summed E-state index contributed by atoms with van der Waals surface area (Å²) in [6.07, 6.45) is 6.15. The molecule has 3 heteroatoms. The number of allylic oxidation sites excluding steroid dienone is 5. The quantitative estimate of drug-likeness (QED) is 0.612. The third kappa shape index (κ3) is 4.11. The first-order valence-corrected chi connectivity index (χ1v) is 6.46. The van der Waals surface area contributed by atoms with Crippen LogP contribution in [0, 0.1) is 0 Å². The van der Waals surface area contributed by atoms with Gasteiger partial charge >= 0.3 is 0 Å². The molecule has 0 aliphatic rings. The van der Waals surface area contributed by atoms with Gasteiger partial charge in [0.05, 0.1) is 6.04 Å². The Morgan fingerprint density at radius 3 is 2.47 bits per heavy atom. The van der Waals surface area contributed by atoms with E-state index in [1.54, 1.807) is 6.08 Å². The second kappa shape index (κ2) is 7.59. The maximum Gasteiger partial charge on any atom is 0.207 e. The molecule has 0 fully saturated rings. The number of carbonyl (C=O) groups is 1. The summed E-state index contributed by atoms with van der Waals surface area (Å²) in [6.45, 7) is 7.53. The third-order valence-electron chi connectivity index (χ3n) is 2.83. The standard InChI is InChI=1S/C16H18ClNO/c1-4-6-15(16(17)5-2)14-9-7-13(8-10-14)12(3)18-11-19/h4-12H,1H2,2-3H3,(H,18,19)/b15-6-,16-5+. The number of hydrogen-bond acceptors (Lipinski definition) is 1. The molecule has 2 nitrogen and oxygen atoms in total. The zero-order valence-corrected chi connectivity index (χ0v) is 11.9. The molecule has 0 aliphatic heterocycles. The molecule has 100 valence electrons. The van der Waals surface area contributed by atoms with E-state index in [9.17, 15) is 4.79 Å². The van der Waals surface area contributed by atoms with Gasteiger partial charge in [-0.25, -0.2) is 0 Å². The summed E-state index contributed by atoms with van der Waals surface area (Å²) in [5.74, 6) is 0. The second-order valence-electron chi connectivity index (χ2n) is 4.08. The summed E-state index contributed by atoms with van der Waals surface area (Å²) >= 11 is 6.18. The van der Waals surface area contributed by atoms with Crippen molar-refractivity contribution in [3.63, 3.8) is 0 Å². The lowest BCUT2D eigenvalue weighted by atomic mass is 10.0. The Hall–Kier alpha value is -1.80. The molecule has 1 N–H and O–H groups in total. The maximum atomic E-state index is 10.4. The number of rotatable bonds is 6. The number of nitrogens with one attached hydrogen (secondary N) is 1. The van der Waals surface area contributed by atoms with E-state index in [4.69, 9.17) is 11.6 Å². The molecule has 1 aromatic carbocycles. The van der Waals surface area contributed by atoms with Gasteiger partial charge in [0.1, 0.15) is 0 Å². The Morgan fingerprint density at radius 2 is 2.00 bits per heavy atom. The minimum Gasteiger partial charge on any atom is -0.352 e. The van der Waals surface area contributed by atoms with Crippen molar-refractivity contribution >= 4 is 23.6 Å². The SMILES string of the molecule is C=C/C=C(\C(Cl)=C/C)c1ccc(C(C)NC=O)cc1. The van der Waals surface area contributed by atoms with Crippen LogP contribution in [0.4, 0.5) is 0 Å². The van der Waals surface area contributed by atoms with Gasteiger partial charge in [-0.05, 0) is 30.5 Å². The normalized spacial score (nSPS) is 13.8. The lowest BCUT2D eigenvalue weighted by Crippen LogP contribution is -2.15. The van der Waals surface area contributed by atoms with Crippen molar-refractivity contribution in [2.75, 3.05) is 0 Å². The molecular formula is C16H18ClNO. The summed E-state index contributed by atoms with van der Waals surface area (Å²) in [5, 5.41) is 3.41. The minimum atomic E-state index is -0.00410. The molecule has 0 aromatic heterocycles. The number of halogens is 1. The summed E-state index contributed by atoms with van der Waals surface area (Å²) in [4.78, 5) is 10.4. The summed E-state index contributed by atoms with van der Waals surface area (Å²) in [5.41, 5.74) is 3.00. The van der Waals surface area contributed by atoms with E-state index in [0.717, 1.165) is 16.7 Å². The average Bonchev–Trinajstić information content (AvgIpc) is 2.44. The van der Waals surface area contributed by atoms with Gasteiger partial charge in [0, 0.05) is 5.03 Å². The van der Waals surface area contributed by atoms with Crippen LogP contribution in [0.2, 0.25) is 0 Å². The molecule has 0 bridgehead atoms. The number of carbonyl (C=O) groups excluding carboxylic acids is 1. The molecule has 1 rings (SSSR count). The Balaban J connectivity index is 3.06. The number of hydrogen-bond donors (Lipinski definition) is 1. The number of amides is 1. The van der Waals surface area contributed by atoms with Crippen molar-refractivity contribution in [1.29, 1.82) is 0 Å². The fourth-order valence-corrected chi connectivity index (χ4v) is 1.91. The topological polar surface area (TPSA) is 29.1 Å². The highest BCUT2D eigenvalue weighted by molar-refractivity contribution is 6.37. The van der Waals surface area contributed by atoms with Crippen LogP contribution in [-0.2, 0) is 4.79 Å². The van der Waals surface area contributed by atoms with Crippen LogP contribution in [0.15, 0.2) is 54.1 Å². The molecule has 1 amide bonds. The van der Waals surface area contributed by atoms with E-state index in [2.05, 4.69) is 11.9 Å². The van der Waals surface area contributed by atoms with E-state index >= 15 is 0 Å². The predicted molar refractivity (Wildman–Crippen MR) is 81.8 cm³/mol. The monoisotopic (exact) mass is 275 g/mol. The largest absolute Gasteiger partial charge is 0.352 e. The van der Waals surface area contributed by atoms with Gasteiger partial charge in [-0.1, -0.05) is 60.7 Å². The highest BCUT2D eigenvalue weighted by Gasteiger charge is 2.07. The van der Waals surface area contributed by atoms with Gasteiger partial charge in [-0.3, -0.25) is 4.79 Å². The van der Waals surface area contributed by atoms with Gasteiger partial charge < -0.3 is 5.32 Å². The summed E-state index contributed by atoms with van der Waals surface area (Å²) in [6, 6.07) is 7.93.